The molecule has 0 saturated heterocycles. The third-order valence-electron chi connectivity index (χ3n) is 4.84. The lowest BCUT2D eigenvalue weighted by molar-refractivity contribution is 0.482. The fraction of sp³-hybridized carbons (Fsp3) is 0.0417. The van der Waals surface area contributed by atoms with E-state index in [2.05, 4.69) is 14.7 Å². The number of hydrogen-bond acceptors (Lipinski definition) is 4. The first-order valence-electron chi connectivity index (χ1n) is 9.97. The van der Waals surface area contributed by atoms with Gasteiger partial charge in [-0.2, -0.15) is 0 Å². The summed E-state index contributed by atoms with van der Waals surface area (Å²) in [6.07, 6.45) is 0.651. The molecule has 3 aromatic carbocycles. The lowest BCUT2D eigenvalue weighted by atomic mass is 10.1. The van der Waals surface area contributed by atoms with Crippen LogP contribution in [0.3, 0.4) is 0 Å². The normalized spacial score (nSPS) is 12.1. The van der Waals surface area contributed by atoms with Crippen molar-refractivity contribution >= 4 is 62.2 Å². The van der Waals surface area contributed by atoms with E-state index in [0.29, 0.717) is 25.7 Å². The number of halogens is 2. The maximum Gasteiger partial charge on any atom is 0.152 e. The number of rotatable bonds is 7. The number of ether oxygens (including phenoxy) is 1. The van der Waals surface area contributed by atoms with Gasteiger partial charge in [0.05, 0.1) is 20.3 Å². The van der Waals surface area contributed by atoms with E-state index in [1.54, 1.807) is 6.07 Å². The van der Waals surface area contributed by atoms with Crippen LogP contribution < -0.4 is 9.46 Å². The molecule has 0 amide bonds. The predicted octanol–water partition coefficient (Wildman–Crippen LogP) is 7.45. The Morgan fingerprint density at radius 3 is 2.45 bits per heavy atom. The van der Waals surface area contributed by atoms with Crippen molar-refractivity contribution in [3.8, 4) is 11.5 Å². The van der Waals surface area contributed by atoms with Crippen molar-refractivity contribution < 1.29 is 8.95 Å². The van der Waals surface area contributed by atoms with E-state index in [1.807, 2.05) is 72.8 Å². The summed E-state index contributed by atoms with van der Waals surface area (Å²) < 4.78 is 22.3. The second-order valence-electron chi connectivity index (χ2n) is 7.21. The van der Waals surface area contributed by atoms with Crippen LogP contribution in [0.4, 0.5) is 5.69 Å². The quantitative estimate of drug-likeness (QED) is 0.237. The van der Waals surface area contributed by atoms with Gasteiger partial charge in [0.15, 0.2) is 11.0 Å². The molecule has 0 aliphatic rings. The summed E-state index contributed by atoms with van der Waals surface area (Å²) in [5, 5.41) is 0. The third-order valence-corrected chi connectivity index (χ3v) is 7.71. The second kappa shape index (κ2) is 9.57. The van der Waals surface area contributed by atoms with E-state index in [4.69, 9.17) is 27.9 Å². The fourth-order valence-electron chi connectivity index (χ4n) is 3.32. The average molecular weight is 514 g/mol. The molecule has 9 heteroatoms. The lowest BCUT2D eigenvalue weighted by Gasteiger charge is -2.06. The van der Waals surface area contributed by atoms with Crippen LogP contribution in [0.5, 0.6) is 11.5 Å². The number of imidazole rings is 1. The van der Waals surface area contributed by atoms with E-state index < -0.39 is 11.0 Å². The van der Waals surface area contributed by atoms with Gasteiger partial charge in [-0.15, -0.1) is 11.3 Å². The summed E-state index contributed by atoms with van der Waals surface area (Å²) in [4.78, 5) is 8.48. The van der Waals surface area contributed by atoms with Crippen LogP contribution in [0.25, 0.3) is 11.0 Å². The van der Waals surface area contributed by atoms with Gasteiger partial charge < -0.3 is 14.4 Å². The zero-order valence-corrected chi connectivity index (χ0v) is 20.2. The van der Waals surface area contributed by atoms with Crippen LogP contribution in [0.2, 0.25) is 8.67 Å². The van der Waals surface area contributed by atoms with Crippen LogP contribution in [-0.4, -0.2) is 14.2 Å². The number of anilines is 1. The fourth-order valence-corrected chi connectivity index (χ4v) is 6.11. The Morgan fingerprint density at radius 1 is 0.970 bits per heavy atom. The number of H-pyrrole nitrogens is 1. The monoisotopic (exact) mass is 513 g/mol. The molecule has 0 spiro atoms. The highest BCUT2D eigenvalue weighted by Gasteiger charge is 2.14. The number of para-hydroxylation sites is 1. The van der Waals surface area contributed by atoms with E-state index in [9.17, 15) is 4.21 Å². The molecule has 2 heterocycles. The van der Waals surface area contributed by atoms with Gasteiger partial charge in [-0.05, 0) is 54.1 Å². The zero-order valence-electron chi connectivity index (χ0n) is 17.0. The van der Waals surface area contributed by atoms with Crippen molar-refractivity contribution in [1.29, 1.82) is 0 Å². The van der Waals surface area contributed by atoms with Crippen molar-refractivity contribution in [2.24, 2.45) is 0 Å². The molecule has 0 bridgehead atoms. The van der Waals surface area contributed by atoms with Crippen LogP contribution >= 0.6 is 34.5 Å². The Labute approximate surface area is 206 Å². The van der Waals surface area contributed by atoms with Gasteiger partial charge in [0, 0.05) is 12.1 Å². The molecule has 0 saturated carbocycles. The van der Waals surface area contributed by atoms with Gasteiger partial charge in [-0.25, -0.2) is 9.19 Å². The molecular weight excluding hydrogens is 497 g/mol. The molecule has 0 aliphatic carbocycles. The first-order valence-corrected chi connectivity index (χ1v) is 12.7. The molecular formula is C24H17Cl2N3O2S2. The molecule has 5 nitrogen and oxygen atoms in total. The van der Waals surface area contributed by atoms with Crippen LogP contribution in [0, 0.1) is 0 Å². The SMILES string of the molecule is O=S(Nc1ccc2nc(Cc3ccc(Oc4ccccc4)cc3)[nH]c2c1)c1cc(Cl)sc1Cl. The number of thiophene rings is 1. The van der Waals surface area contributed by atoms with Crippen molar-refractivity contribution in [1.82, 2.24) is 9.97 Å². The number of aromatic nitrogens is 2. The molecule has 33 heavy (non-hydrogen) atoms. The van der Waals surface area contributed by atoms with Crippen molar-refractivity contribution in [3.63, 3.8) is 0 Å². The molecule has 1 unspecified atom stereocenters. The van der Waals surface area contributed by atoms with Crippen LogP contribution in [0.1, 0.15) is 11.4 Å². The van der Waals surface area contributed by atoms with Gasteiger partial charge in [0.25, 0.3) is 0 Å². The number of aromatic amines is 1. The summed E-state index contributed by atoms with van der Waals surface area (Å²) in [5.74, 6) is 2.43. The molecule has 1 atom stereocenters. The summed E-state index contributed by atoms with van der Waals surface area (Å²) >= 11 is 13.3. The summed E-state index contributed by atoms with van der Waals surface area (Å²) in [6.45, 7) is 0. The maximum atomic E-state index is 12.6. The zero-order chi connectivity index (χ0) is 22.8. The van der Waals surface area contributed by atoms with Crippen LogP contribution in [-0.2, 0) is 17.4 Å². The van der Waals surface area contributed by atoms with Crippen LogP contribution in [0.15, 0.2) is 83.8 Å². The van der Waals surface area contributed by atoms with Crippen molar-refractivity contribution in [3.05, 3.63) is 98.9 Å². The molecule has 0 radical (unpaired) electrons. The number of fused-ring (bicyclic) bond motifs is 1. The first-order chi connectivity index (χ1) is 16.0. The Balaban J connectivity index is 1.28. The summed E-state index contributed by atoms with van der Waals surface area (Å²) in [7, 11) is -1.51. The van der Waals surface area contributed by atoms with E-state index in [1.165, 1.54) is 11.3 Å². The predicted molar refractivity (Wildman–Crippen MR) is 136 cm³/mol. The van der Waals surface area contributed by atoms with E-state index in [0.717, 1.165) is 33.9 Å². The molecule has 2 N–H and O–H groups in total. The minimum absolute atomic E-state index is 0.413. The third kappa shape index (κ3) is 5.23. The van der Waals surface area contributed by atoms with Gasteiger partial charge in [0.1, 0.15) is 21.7 Å². The van der Waals surface area contributed by atoms with Crippen molar-refractivity contribution in [2.75, 3.05) is 4.72 Å². The number of hydrogen-bond donors (Lipinski definition) is 2. The standard InChI is InChI=1S/C24H17Cl2N3O2S2/c25-22-14-21(24(26)32-22)33(30)29-16-8-11-19-20(13-16)28-23(27-19)12-15-6-9-18(10-7-15)31-17-4-2-1-3-5-17/h1-11,13-14,29H,12H2,(H,27,28). The van der Waals surface area contributed by atoms with E-state index in [-0.39, 0.29) is 0 Å². The Bertz CT molecular complexity index is 1430. The molecule has 166 valence electrons. The number of benzene rings is 3. The highest BCUT2D eigenvalue weighted by Crippen LogP contribution is 2.34. The topological polar surface area (TPSA) is 67.0 Å². The average Bonchev–Trinajstić information content (AvgIpc) is 3.36. The minimum Gasteiger partial charge on any atom is -0.457 e. The van der Waals surface area contributed by atoms with Crippen molar-refractivity contribution in [2.45, 2.75) is 11.3 Å². The maximum absolute atomic E-state index is 12.6. The lowest BCUT2D eigenvalue weighted by Crippen LogP contribution is -2.03. The molecule has 0 aliphatic heterocycles. The molecule has 0 fully saturated rings. The second-order valence-corrected chi connectivity index (χ2v) is 10.7. The minimum atomic E-state index is -1.51. The van der Waals surface area contributed by atoms with Gasteiger partial charge in [0.2, 0.25) is 0 Å². The summed E-state index contributed by atoms with van der Waals surface area (Å²) in [5.41, 5.74) is 3.49. The van der Waals surface area contributed by atoms with Gasteiger partial charge >= 0.3 is 0 Å². The number of nitrogens with zero attached hydrogens (tertiary/aromatic N) is 1. The first kappa shape index (κ1) is 22.0. The largest absolute Gasteiger partial charge is 0.457 e. The Kier molecular flexibility index (Phi) is 6.37. The Morgan fingerprint density at radius 2 is 1.73 bits per heavy atom. The highest BCUT2D eigenvalue weighted by molar-refractivity contribution is 7.86. The molecule has 5 aromatic rings. The Hall–Kier alpha value is -2.84. The summed E-state index contributed by atoms with van der Waals surface area (Å²) in [6, 6.07) is 24.8. The molecule has 5 rings (SSSR count). The van der Waals surface area contributed by atoms with E-state index >= 15 is 0 Å². The van der Waals surface area contributed by atoms with Gasteiger partial charge in [-0.3, -0.25) is 0 Å². The molecule has 2 aromatic heterocycles. The number of nitrogens with one attached hydrogen (secondary N) is 2. The smallest absolute Gasteiger partial charge is 0.152 e. The van der Waals surface area contributed by atoms with Gasteiger partial charge in [-0.1, -0.05) is 53.5 Å². The highest BCUT2D eigenvalue weighted by atomic mass is 35.5.